The van der Waals surface area contributed by atoms with Gasteiger partial charge < -0.3 is 15.4 Å². The highest BCUT2D eigenvalue weighted by Gasteiger charge is 2.16. The van der Waals surface area contributed by atoms with Gasteiger partial charge in [0.05, 0.1) is 0 Å². The Morgan fingerprint density at radius 2 is 2.14 bits per heavy atom. The molecule has 2 aromatic rings. The van der Waals surface area contributed by atoms with E-state index in [-0.39, 0.29) is 18.5 Å². The molecule has 0 spiro atoms. The molecule has 1 aromatic carbocycles. The molecule has 0 fully saturated rings. The summed E-state index contributed by atoms with van der Waals surface area (Å²) < 4.78 is 2.14. The molecule has 2 rings (SSSR count). The van der Waals surface area contributed by atoms with E-state index in [1.165, 1.54) is 0 Å². The molecule has 1 unspecified atom stereocenters. The number of nitrogens with zero attached hydrogens (tertiary/aromatic N) is 4. The lowest BCUT2D eigenvalue weighted by Gasteiger charge is -2.13. The molecule has 1 atom stereocenters. The van der Waals surface area contributed by atoms with Gasteiger partial charge in [-0.3, -0.25) is 4.79 Å². The predicted molar refractivity (Wildman–Crippen MR) is 82.1 cm³/mol. The first-order valence-corrected chi connectivity index (χ1v) is 7.31. The van der Waals surface area contributed by atoms with Crippen LogP contribution in [0.5, 0.6) is 0 Å². The summed E-state index contributed by atoms with van der Waals surface area (Å²) in [6.07, 6.45) is 1.85. The average molecular weight is 368 g/mol. The zero-order chi connectivity index (χ0) is 16.1. The molecule has 8 nitrogen and oxygen atoms in total. The zero-order valence-corrected chi connectivity index (χ0v) is 13.4. The number of hydrogen-bond donors (Lipinski definition) is 1. The number of amides is 1. The Morgan fingerprint density at radius 3 is 2.73 bits per heavy atom. The van der Waals surface area contributed by atoms with E-state index in [0.29, 0.717) is 6.42 Å². The van der Waals surface area contributed by atoms with Crippen LogP contribution in [0.2, 0.25) is 0 Å². The van der Waals surface area contributed by atoms with Crippen molar-refractivity contribution in [3.05, 3.63) is 50.7 Å². The first-order valence-electron chi connectivity index (χ1n) is 6.51. The molecule has 1 N–H and O–H groups in total. The third-order valence-electron chi connectivity index (χ3n) is 2.86. The van der Waals surface area contributed by atoms with E-state index in [1.807, 2.05) is 31.2 Å². The van der Waals surface area contributed by atoms with Crippen molar-refractivity contribution in [2.24, 2.45) is 0 Å². The first-order chi connectivity index (χ1) is 10.4. The topological polar surface area (TPSA) is 103 Å². The van der Waals surface area contributed by atoms with Crippen LogP contribution >= 0.6 is 15.9 Å². The fraction of sp³-hybridized carbons (Fsp3) is 0.308. The van der Waals surface area contributed by atoms with Crippen LogP contribution < -0.4 is 5.32 Å². The lowest BCUT2D eigenvalue weighted by atomic mass is 10.1. The average Bonchev–Trinajstić information content (AvgIpc) is 2.89. The van der Waals surface area contributed by atoms with Gasteiger partial charge in [0.1, 0.15) is 6.54 Å². The minimum atomic E-state index is -0.704. The van der Waals surface area contributed by atoms with E-state index < -0.39 is 10.9 Å². The number of aromatic nitrogens is 3. The van der Waals surface area contributed by atoms with Crippen LogP contribution in [0, 0.1) is 10.1 Å². The molecule has 0 saturated heterocycles. The predicted octanol–water partition coefficient (Wildman–Crippen LogP) is 1.70. The lowest BCUT2D eigenvalue weighted by Crippen LogP contribution is -2.36. The van der Waals surface area contributed by atoms with E-state index in [9.17, 15) is 14.9 Å². The maximum absolute atomic E-state index is 11.9. The van der Waals surface area contributed by atoms with E-state index in [4.69, 9.17) is 0 Å². The van der Waals surface area contributed by atoms with Crippen LogP contribution in [0.1, 0.15) is 12.5 Å². The summed E-state index contributed by atoms with van der Waals surface area (Å²) in [5.74, 6) is -0.792. The number of nitrogens with one attached hydrogen (secondary N) is 1. The van der Waals surface area contributed by atoms with Gasteiger partial charge in [0.2, 0.25) is 12.2 Å². The highest BCUT2D eigenvalue weighted by molar-refractivity contribution is 9.10. The van der Waals surface area contributed by atoms with Crippen LogP contribution in [0.3, 0.4) is 0 Å². The molecule has 1 aromatic heterocycles. The standard InChI is InChI=1S/C13H14BrN5O3/c1-9(6-10-2-4-11(14)5-3-10)16-12(20)7-18-8-15-13(17-18)19(21)22/h2-5,8-9H,6-7H2,1H3,(H,16,20). The van der Waals surface area contributed by atoms with Crippen molar-refractivity contribution in [1.29, 1.82) is 0 Å². The van der Waals surface area contributed by atoms with E-state index in [2.05, 4.69) is 31.3 Å². The maximum Gasteiger partial charge on any atom is 0.490 e. The molecule has 0 bridgehead atoms. The smallest absolute Gasteiger partial charge is 0.390 e. The maximum atomic E-state index is 11.9. The minimum absolute atomic E-state index is 0.0628. The van der Waals surface area contributed by atoms with E-state index in [1.54, 1.807) is 0 Å². The van der Waals surface area contributed by atoms with E-state index >= 15 is 0 Å². The minimum Gasteiger partial charge on any atom is -0.390 e. The molecule has 9 heteroatoms. The fourth-order valence-corrected chi connectivity index (χ4v) is 2.20. The molecule has 1 heterocycles. The molecule has 0 aliphatic rings. The number of benzene rings is 1. The Balaban J connectivity index is 1.85. The van der Waals surface area contributed by atoms with Gasteiger partial charge in [-0.05, 0) is 36.0 Å². The van der Waals surface area contributed by atoms with Crippen molar-refractivity contribution in [2.45, 2.75) is 25.9 Å². The summed E-state index contributed by atoms with van der Waals surface area (Å²) in [4.78, 5) is 25.1. The van der Waals surface area contributed by atoms with Gasteiger partial charge in [-0.1, -0.05) is 33.0 Å². The van der Waals surface area contributed by atoms with Crippen LogP contribution in [0.15, 0.2) is 35.1 Å². The highest BCUT2D eigenvalue weighted by atomic mass is 79.9. The summed E-state index contributed by atoms with van der Waals surface area (Å²) >= 11 is 3.37. The van der Waals surface area contributed by atoms with Crippen molar-refractivity contribution < 1.29 is 9.72 Å². The molecular weight excluding hydrogens is 354 g/mol. The second kappa shape index (κ2) is 7.12. The molecule has 0 aliphatic heterocycles. The Kier molecular flexibility index (Phi) is 5.21. The van der Waals surface area contributed by atoms with E-state index in [0.717, 1.165) is 21.0 Å². The Labute approximate surface area is 134 Å². The van der Waals surface area contributed by atoms with Crippen LogP contribution in [-0.4, -0.2) is 31.6 Å². The SMILES string of the molecule is CC(Cc1ccc(Br)cc1)NC(=O)Cn1cnc([N+](=O)[O-])n1. The highest BCUT2D eigenvalue weighted by Crippen LogP contribution is 2.11. The second-order valence-electron chi connectivity index (χ2n) is 4.80. The number of rotatable bonds is 6. The Morgan fingerprint density at radius 1 is 1.45 bits per heavy atom. The summed E-state index contributed by atoms with van der Waals surface area (Å²) in [6.45, 7) is 1.79. The molecule has 0 aliphatic carbocycles. The zero-order valence-electron chi connectivity index (χ0n) is 11.8. The summed E-state index contributed by atoms with van der Waals surface area (Å²) in [7, 11) is 0. The molecule has 0 radical (unpaired) electrons. The number of carbonyl (C=O) groups is 1. The van der Waals surface area contributed by atoms with Crippen molar-refractivity contribution in [3.8, 4) is 0 Å². The Bertz CT molecular complexity index is 671. The van der Waals surface area contributed by atoms with Crippen LogP contribution in [0.4, 0.5) is 5.95 Å². The second-order valence-corrected chi connectivity index (χ2v) is 5.71. The summed E-state index contributed by atoms with van der Waals surface area (Å²) in [5.41, 5.74) is 1.10. The third kappa shape index (κ3) is 4.62. The van der Waals surface area contributed by atoms with Crippen molar-refractivity contribution in [3.63, 3.8) is 0 Å². The Hall–Kier alpha value is -2.29. The van der Waals surface area contributed by atoms with Gasteiger partial charge in [0.25, 0.3) is 0 Å². The summed E-state index contributed by atoms with van der Waals surface area (Å²) in [6, 6.07) is 7.78. The fourth-order valence-electron chi connectivity index (χ4n) is 1.94. The van der Waals surface area contributed by atoms with Gasteiger partial charge in [0.15, 0.2) is 0 Å². The van der Waals surface area contributed by atoms with Gasteiger partial charge in [0, 0.05) is 15.6 Å². The quantitative estimate of drug-likeness (QED) is 0.618. The lowest BCUT2D eigenvalue weighted by molar-refractivity contribution is -0.394. The summed E-state index contributed by atoms with van der Waals surface area (Å²) in [5, 5.41) is 16.9. The van der Waals surface area contributed by atoms with Crippen molar-refractivity contribution >= 4 is 27.8 Å². The molecule has 22 heavy (non-hydrogen) atoms. The third-order valence-corrected chi connectivity index (χ3v) is 3.38. The van der Waals surface area contributed by atoms with Gasteiger partial charge in [-0.25, -0.2) is 0 Å². The molecule has 116 valence electrons. The largest absolute Gasteiger partial charge is 0.490 e. The van der Waals surface area contributed by atoms with Crippen molar-refractivity contribution in [1.82, 2.24) is 20.1 Å². The molecular formula is C13H14BrN5O3. The van der Waals surface area contributed by atoms with Gasteiger partial charge in [-0.15, -0.1) is 0 Å². The number of nitro groups is 1. The number of hydrogen-bond acceptors (Lipinski definition) is 5. The normalized spacial score (nSPS) is 11.9. The van der Waals surface area contributed by atoms with Gasteiger partial charge >= 0.3 is 5.95 Å². The molecule has 1 amide bonds. The first kappa shape index (κ1) is 16.1. The number of halogens is 1. The van der Waals surface area contributed by atoms with Crippen LogP contribution in [-0.2, 0) is 17.8 Å². The van der Waals surface area contributed by atoms with Crippen LogP contribution in [0.25, 0.3) is 0 Å². The number of carbonyl (C=O) groups excluding carboxylic acids is 1. The van der Waals surface area contributed by atoms with Gasteiger partial charge in [-0.2, -0.15) is 4.68 Å². The van der Waals surface area contributed by atoms with Crippen molar-refractivity contribution in [2.75, 3.05) is 0 Å². The monoisotopic (exact) mass is 367 g/mol. The molecule has 0 saturated carbocycles.